The van der Waals surface area contributed by atoms with Crippen LogP contribution in [0.2, 0.25) is 0 Å². The van der Waals surface area contributed by atoms with E-state index in [1.807, 2.05) is 0 Å². The van der Waals surface area contributed by atoms with Crippen molar-refractivity contribution in [2.45, 2.75) is 31.0 Å². The molecule has 14 heavy (non-hydrogen) atoms. The molecule has 0 radical (unpaired) electrons. The van der Waals surface area contributed by atoms with Gasteiger partial charge in [-0.05, 0) is 0 Å². The molecule has 0 bridgehead atoms. The van der Waals surface area contributed by atoms with Gasteiger partial charge >= 0.3 is 0 Å². The summed E-state index contributed by atoms with van der Waals surface area (Å²) < 4.78 is 4.64. The van der Waals surface area contributed by atoms with E-state index in [2.05, 4.69) is 4.74 Å². The maximum absolute atomic E-state index is 10.9. The van der Waals surface area contributed by atoms with Crippen LogP contribution < -0.4 is 0 Å². The van der Waals surface area contributed by atoms with Gasteiger partial charge in [-0.3, -0.25) is 4.79 Å². The summed E-state index contributed by atoms with van der Waals surface area (Å²) >= 11 is 0. The van der Waals surface area contributed by atoms with Gasteiger partial charge in [-0.1, -0.05) is 0 Å². The van der Waals surface area contributed by atoms with Gasteiger partial charge in [0, 0.05) is 6.92 Å². The van der Waals surface area contributed by atoms with Gasteiger partial charge in [0.2, 0.25) is 0 Å². The van der Waals surface area contributed by atoms with E-state index in [1.165, 1.54) is 0 Å². The number of ketones is 1. The van der Waals surface area contributed by atoms with Gasteiger partial charge in [-0.25, -0.2) is 0 Å². The van der Waals surface area contributed by atoms with E-state index in [1.54, 1.807) is 0 Å². The van der Waals surface area contributed by atoms with Gasteiger partial charge in [-0.15, -0.1) is 0 Å². The molecule has 0 aromatic heterocycles. The molecule has 7 nitrogen and oxygen atoms in total. The van der Waals surface area contributed by atoms with Crippen LogP contribution in [0.5, 0.6) is 0 Å². The summed E-state index contributed by atoms with van der Waals surface area (Å²) in [6, 6.07) is 0. The Morgan fingerprint density at radius 2 is 2.00 bits per heavy atom. The zero-order valence-corrected chi connectivity index (χ0v) is 7.54. The van der Waals surface area contributed by atoms with E-state index in [-0.39, 0.29) is 5.48 Å². The predicted octanol–water partition coefficient (Wildman–Crippen LogP) is -3.45. The van der Waals surface area contributed by atoms with Gasteiger partial charge in [0.1, 0.15) is 18.3 Å². The molecule has 1 unspecified atom stereocenters. The Morgan fingerprint density at radius 1 is 1.50 bits per heavy atom. The van der Waals surface area contributed by atoms with Crippen LogP contribution in [-0.2, 0) is 9.53 Å². The van der Waals surface area contributed by atoms with Crippen LogP contribution in [0, 0.1) is 0 Å². The molecule has 1 fully saturated rings. The Labute approximate surface area is 79.9 Å². The van der Waals surface area contributed by atoms with Crippen LogP contribution >= 0.6 is 0 Å². The fourth-order valence-electron chi connectivity index (χ4n) is 1.24. The van der Waals surface area contributed by atoms with Crippen molar-refractivity contribution in [3.63, 3.8) is 0 Å². The summed E-state index contributed by atoms with van der Waals surface area (Å²) in [5, 5.41) is 36.5. The fraction of sp³-hybridized carbons (Fsp3) is 0.857. The highest BCUT2D eigenvalue weighted by Gasteiger charge is 2.56. The molecule has 84 valence electrons. The SMILES string of the molecule is CC(=O)C1(O)O[C@H](CO)[C@@H](O)[C@H]1O.O. The number of carbonyl (C=O) groups excluding carboxylic acids is 1. The number of hydrogen-bond donors (Lipinski definition) is 4. The number of aliphatic hydroxyl groups excluding tert-OH is 3. The Morgan fingerprint density at radius 3 is 2.21 bits per heavy atom. The first-order valence-corrected chi connectivity index (χ1v) is 3.81. The third-order valence-electron chi connectivity index (χ3n) is 2.12. The molecule has 1 rings (SSSR count). The molecule has 0 saturated carbocycles. The second-order valence-corrected chi connectivity index (χ2v) is 3.03. The molecule has 1 heterocycles. The molecule has 1 saturated heterocycles. The summed E-state index contributed by atoms with van der Waals surface area (Å²) in [5.41, 5.74) is 0. The van der Waals surface area contributed by atoms with Crippen LogP contribution in [0.4, 0.5) is 0 Å². The second-order valence-electron chi connectivity index (χ2n) is 3.03. The molecule has 0 spiro atoms. The topological polar surface area (TPSA) is 139 Å². The average molecular weight is 210 g/mol. The number of hydrogen-bond acceptors (Lipinski definition) is 6. The van der Waals surface area contributed by atoms with Crippen LogP contribution in [0.1, 0.15) is 6.92 Å². The van der Waals surface area contributed by atoms with Crippen molar-refractivity contribution in [2.75, 3.05) is 6.61 Å². The Hall–Kier alpha value is -0.570. The molecule has 0 amide bonds. The van der Waals surface area contributed by atoms with Crippen LogP contribution in [0.25, 0.3) is 0 Å². The van der Waals surface area contributed by atoms with Crippen LogP contribution in [-0.4, -0.2) is 62.4 Å². The average Bonchev–Trinajstić information content (AvgIpc) is 2.31. The van der Waals surface area contributed by atoms with E-state index in [0.29, 0.717) is 0 Å². The quantitative estimate of drug-likeness (QED) is 0.374. The number of aliphatic hydroxyl groups is 4. The van der Waals surface area contributed by atoms with Crippen molar-refractivity contribution in [1.29, 1.82) is 0 Å². The van der Waals surface area contributed by atoms with Crippen molar-refractivity contribution in [1.82, 2.24) is 0 Å². The predicted molar refractivity (Wildman–Crippen MR) is 43.2 cm³/mol. The Kier molecular flexibility index (Phi) is 4.13. The lowest BCUT2D eigenvalue weighted by atomic mass is 10.0. The van der Waals surface area contributed by atoms with Crippen LogP contribution in [0.15, 0.2) is 0 Å². The smallest absolute Gasteiger partial charge is 0.256 e. The molecule has 0 aromatic carbocycles. The van der Waals surface area contributed by atoms with E-state index in [0.717, 1.165) is 6.92 Å². The minimum atomic E-state index is -2.40. The summed E-state index contributed by atoms with van der Waals surface area (Å²) in [4.78, 5) is 10.9. The van der Waals surface area contributed by atoms with E-state index in [4.69, 9.17) is 5.11 Å². The minimum absolute atomic E-state index is 0. The summed E-state index contributed by atoms with van der Waals surface area (Å²) in [6.45, 7) is 0.448. The Balaban J connectivity index is 0.00000169. The molecule has 1 aliphatic rings. The van der Waals surface area contributed by atoms with Gasteiger partial charge in [0.25, 0.3) is 5.79 Å². The van der Waals surface area contributed by atoms with Crippen molar-refractivity contribution in [2.24, 2.45) is 0 Å². The van der Waals surface area contributed by atoms with Crippen molar-refractivity contribution < 1.29 is 35.4 Å². The van der Waals surface area contributed by atoms with Gasteiger partial charge in [0.15, 0.2) is 5.78 Å². The molecule has 6 N–H and O–H groups in total. The number of rotatable bonds is 2. The molecule has 7 heteroatoms. The standard InChI is InChI=1S/C7H12O6.H2O/c1-3(9)7(12)6(11)5(10)4(2-8)13-7;/h4-6,8,10-12H,2H2,1H3;1H2/t4-,5-,6-,7?;/m1./s1. The highest BCUT2D eigenvalue weighted by Crippen LogP contribution is 2.29. The summed E-state index contributed by atoms with van der Waals surface area (Å²) in [7, 11) is 0. The lowest BCUT2D eigenvalue weighted by Crippen LogP contribution is -2.48. The number of carbonyl (C=O) groups is 1. The molecule has 0 aliphatic carbocycles. The largest absolute Gasteiger partial charge is 0.412 e. The molecular weight excluding hydrogens is 196 g/mol. The van der Waals surface area contributed by atoms with Crippen molar-refractivity contribution in [3.8, 4) is 0 Å². The highest BCUT2D eigenvalue weighted by atomic mass is 16.7. The maximum atomic E-state index is 10.9. The number of ether oxygens (including phenoxy) is 1. The molecular formula is C7H14O7. The maximum Gasteiger partial charge on any atom is 0.256 e. The zero-order valence-electron chi connectivity index (χ0n) is 7.54. The second kappa shape index (κ2) is 4.30. The van der Waals surface area contributed by atoms with Crippen LogP contribution in [0.3, 0.4) is 0 Å². The minimum Gasteiger partial charge on any atom is -0.412 e. The third-order valence-corrected chi connectivity index (χ3v) is 2.12. The first-order chi connectivity index (χ1) is 5.93. The van der Waals surface area contributed by atoms with Crippen molar-refractivity contribution >= 4 is 5.78 Å². The fourth-order valence-corrected chi connectivity index (χ4v) is 1.24. The van der Waals surface area contributed by atoms with Crippen molar-refractivity contribution in [3.05, 3.63) is 0 Å². The summed E-state index contributed by atoms with van der Waals surface area (Å²) in [5.74, 6) is -3.21. The molecule has 4 atom stereocenters. The van der Waals surface area contributed by atoms with Gasteiger partial charge < -0.3 is 30.6 Å². The number of Topliss-reactive ketones (excluding diaryl/α,β-unsaturated/α-hetero) is 1. The Bertz CT molecular complexity index is 218. The summed E-state index contributed by atoms with van der Waals surface area (Å²) in [6.07, 6.45) is -4.31. The zero-order chi connectivity index (χ0) is 10.2. The lowest BCUT2D eigenvalue weighted by Gasteiger charge is -2.22. The third kappa shape index (κ3) is 1.78. The lowest BCUT2D eigenvalue weighted by molar-refractivity contribution is -0.222. The monoisotopic (exact) mass is 210 g/mol. The molecule has 1 aliphatic heterocycles. The first kappa shape index (κ1) is 13.4. The van der Waals surface area contributed by atoms with Gasteiger partial charge in [0.05, 0.1) is 6.61 Å². The van der Waals surface area contributed by atoms with E-state index >= 15 is 0 Å². The highest BCUT2D eigenvalue weighted by molar-refractivity contribution is 5.84. The van der Waals surface area contributed by atoms with E-state index < -0.39 is 36.5 Å². The molecule has 0 aromatic rings. The van der Waals surface area contributed by atoms with Gasteiger partial charge in [-0.2, -0.15) is 0 Å². The van der Waals surface area contributed by atoms with E-state index in [9.17, 15) is 20.1 Å². The normalized spacial score (nSPS) is 41.9. The first-order valence-electron chi connectivity index (χ1n) is 3.81.